The van der Waals surface area contributed by atoms with E-state index < -0.39 is 5.60 Å². The van der Waals surface area contributed by atoms with Crippen molar-refractivity contribution in [1.82, 2.24) is 0 Å². The molecule has 1 aromatic carbocycles. The number of rotatable bonds is 8. The molecule has 0 heterocycles. The molecule has 0 bridgehead atoms. The van der Waals surface area contributed by atoms with Gasteiger partial charge in [-0.2, -0.15) is 0 Å². The summed E-state index contributed by atoms with van der Waals surface area (Å²) in [6, 6.07) is 10.1. The molecule has 2 unspecified atom stereocenters. The first-order chi connectivity index (χ1) is 9.38. The molecule has 0 radical (unpaired) electrons. The van der Waals surface area contributed by atoms with E-state index in [0.29, 0.717) is 19.0 Å². The molecule has 0 fully saturated rings. The van der Waals surface area contributed by atoms with E-state index in [1.54, 1.807) is 0 Å². The minimum Gasteiger partial charge on any atom is -0.461 e. The van der Waals surface area contributed by atoms with Crippen molar-refractivity contribution in [2.45, 2.75) is 52.2 Å². The van der Waals surface area contributed by atoms with Crippen LogP contribution in [0.4, 0.5) is 0 Å². The second-order valence-electron chi connectivity index (χ2n) is 6.06. The fourth-order valence-corrected chi connectivity index (χ4v) is 2.03. The third-order valence-electron chi connectivity index (χ3n) is 3.86. The van der Waals surface area contributed by atoms with E-state index in [4.69, 9.17) is 9.47 Å². The van der Waals surface area contributed by atoms with E-state index in [-0.39, 0.29) is 12.0 Å². The van der Waals surface area contributed by atoms with Gasteiger partial charge >= 0.3 is 0 Å². The largest absolute Gasteiger partial charge is 0.461 e. The van der Waals surface area contributed by atoms with Crippen LogP contribution in [0.3, 0.4) is 0 Å². The Hall–Kier alpha value is -1.35. The Bertz CT molecular complexity index is 398. The zero-order chi connectivity index (χ0) is 15.2. The smallest absolute Gasteiger partial charge is 0.293 e. The van der Waals surface area contributed by atoms with Crippen molar-refractivity contribution in [2.24, 2.45) is 5.92 Å². The second kappa shape index (κ2) is 7.44. The standard InChI is InChI=1S/C17H26O3/c1-13(2)14(3)19-11-16(17(4,5)20-12-18)15-9-7-6-8-10-15/h6-10,12-14,16H,11H2,1-5H3. The first-order valence-electron chi connectivity index (χ1n) is 7.16. The van der Waals surface area contributed by atoms with Gasteiger partial charge in [-0.15, -0.1) is 0 Å². The number of carbonyl (C=O) groups excluding carboxylic acids is 1. The van der Waals surface area contributed by atoms with Crippen molar-refractivity contribution in [3.63, 3.8) is 0 Å². The van der Waals surface area contributed by atoms with Crippen LogP contribution in [0.15, 0.2) is 30.3 Å². The molecule has 3 nitrogen and oxygen atoms in total. The maximum Gasteiger partial charge on any atom is 0.293 e. The Morgan fingerprint density at radius 3 is 2.25 bits per heavy atom. The Morgan fingerprint density at radius 2 is 1.75 bits per heavy atom. The summed E-state index contributed by atoms with van der Waals surface area (Å²) >= 11 is 0. The number of hydrogen-bond acceptors (Lipinski definition) is 3. The summed E-state index contributed by atoms with van der Waals surface area (Å²) in [5.41, 5.74) is 0.523. The van der Waals surface area contributed by atoms with Crippen molar-refractivity contribution in [2.75, 3.05) is 6.61 Å². The lowest BCUT2D eigenvalue weighted by atomic mass is 9.85. The first-order valence-corrected chi connectivity index (χ1v) is 7.16. The lowest BCUT2D eigenvalue weighted by Crippen LogP contribution is -2.36. The van der Waals surface area contributed by atoms with E-state index in [9.17, 15) is 4.79 Å². The lowest BCUT2D eigenvalue weighted by molar-refractivity contribution is -0.144. The predicted octanol–water partition coefficient (Wildman–Crippen LogP) is 3.78. The molecular formula is C17H26O3. The average Bonchev–Trinajstić information content (AvgIpc) is 2.39. The van der Waals surface area contributed by atoms with Gasteiger partial charge in [-0.25, -0.2) is 0 Å². The molecule has 0 N–H and O–H groups in total. The number of benzene rings is 1. The van der Waals surface area contributed by atoms with Crippen molar-refractivity contribution in [3.8, 4) is 0 Å². The van der Waals surface area contributed by atoms with E-state index in [2.05, 4.69) is 20.8 Å². The molecule has 0 saturated carbocycles. The first kappa shape index (κ1) is 16.7. The van der Waals surface area contributed by atoms with Crippen LogP contribution in [0.1, 0.15) is 46.1 Å². The highest BCUT2D eigenvalue weighted by atomic mass is 16.5. The SMILES string of the molecule is CC(C)C(C)OCC(c1ccccc1)C(C)(C)OC=O. The predicted molar refractivity (Wildman–Crippen MR) is 80.7 cm³/mol. The topological polar surface area (TPSA) is 35.5 Å². The summed E-state index contributed by atoms with van der Waals surface area (Å²) in [7, 11) is 0. The van der Waals surface area contributed by atoms with Gasteiger partial charge in [0.15, 0.2) is 0 Å². The Kier molecular flexibility index (Phi) is 6.21. The van der Waals surface area contributed by atoms with Gasteiger partial charge in [-0.3, -0.25) is 4.79 Å². The van der Waals surface area contributed by atoms with Crippen LogP contribution in [0.5, 0.6) is 0 Å². The van der Waals surface area contributed by atoms with E-state index >= 15 is 0 Å². The molecule has 20 heavy (non-hydrogen) atoms. The van der Waals surface area contributed by atoms with Gasteiger partial charge in [0.2, 0.25) is 0 Å². The highest BCUT2D eigenvalue weighted by Crippen LogP contribution is 2.31. The van der Waals surface area contributed by atoms with E-state index in [1.807, 2.05) is 44.2 Å². The van der Waals surface area contributed by atoms with E-state index in [0.717, 1.165) is 5.56 Å². The van der Waals surface area contributed by atoms with Crippen LogP contribution in [0, 0.1) is 5.92 Å². The summed E-state index contributed by atoms with van der Waals surface area (Å²) in [4.78, 5) is 10.7. The van der Waals surface area contributed by atoms with Gasteiger partial charge in [0, 0.05) is 5.92 Å². The zero-order valence-corrected chi connectivity index (χ0v) is 13.1. The monoisotopic (exact) mass is 278 g/mol. The Morgan fingerprint density at radius 1 is 1.15 bits per heavy atom. The van der Waals surface area contributed by atoms with Crippen LogP contribution in [-0.4, -0.2) is 24.8 Å². The molecule has 3 heteroatoms. The molecule has 1 rings (SSSR count). The number of ether oxygens (including phenoxy) is 2. The Labute approximate surface area is 122 Å². The van der Waals surface area contributed by atoms with E-state index in [1.165, 1.54) is 0 Å². The molecule has 0 amide bonds. The molecule has 1 aromatic rings. The Balaban J connectivity index is 2.88. The highest BCUT2D eigenvalue weighted by Gasteiger charge is 2.33. The van der Waals surface area contributed by atoms with Gasteiger partial charge in [0.25, 0.3) is 6.47 Å². The van der Waals surface area contributed by atoms with Crippen molar-refractivity contribution in [3.05, 3.63) is 35.9 Å². The number of carbonyl (C=O) groups is 1. The molecule has 112 valence electrons. The van der Waals surface area contributed by atoms with Crippen LogP contribution < -0.4 is 0 Å². The maximum absolute atomic E-state index is 10.7. The third kappa shape index (κ3) is 4.64. The summed E-state index contributed by atoms with van der Waals surface area (Å²) in [5.74, 6) is 0.469. The fraction of sp³-hybridized carbons (Fsp3) is 0.588. The minimum absolute atomic E-state index is 0.00935. The van der Waals surface area contributed by atoms with Crippen LogP contribution in [-0.2, 0) is 14.3 Å². The molecule has 0 aliphatic carbocycles. The van der Waals surface area contributed by atoms with Crippen molar-refractivity contribution >= 4 is 6.47 Å². The van der Waals surface area contributed by atoms with Gasteiger partial charge in [0.05, 0.1) is 12.7 Å². The summed E-state index contributed by atoms with van der Waals surface area (Å²) in [6.45, 7) is 11.2. The number of hydrogen-bond donors (Lipinski definition) is 0. The maximum atomic E-state index is 10.7. The minimum atomic E-state index is -0.597. The third-order valence-corrected chi connectivity index (χ3v) is 3.86. The molecule has 0 spiro atoms. The summed E-state index contributed by atoms with van der Waals surface area (Å²) in [5, 5.41) is 0. The van der Waals surface area contributed by atoms with Gasteiger partial charge in [0.1, 0.15) is 5.60 Å². The summed E-state index contributed by atoms with van der Waals surface area (Å²) < 4.78 is 11.2. The lowest BCUT2D eigenvalue weighted by Gasteiger charge is -2.34. The van der Waals surface area contributed by atoms with Crippen LogP contribution in [0.2, 0.25) is 0 Å². The quantitative estimate of drug-likeness (QED) is 0.679. The van der Waals surface area contributed by atoms with Crippen molar-refractivity contribution < 1.29 is 14.3 Å². The molecule has 0 saturated heterocycles. The van der Waals surface area contributed by atoms with Crippen LogP contribution >= 0.6 is 0 Å². The molecule has 0 aromatic heterocycles. The molecule has 0 aliphatic heterocycles. The molecule has 2 atom stereocenters. The highest BCUT2D eigenvalue weighted by molar-refractivity contribution is 5.39. The normalized spacial score (nSPS) is 14.9. The molecule has 0 aliphatic rings. The zero-order valence-electron chi connectivity index (χ0n) is 13.1. The van der Waals surface area contributed by atoms with Gasteiger partial charge in [-0.05, 0) is 32.3 Å². The van der Waals surface area contributed by atoms with Gasteiger partial charge in [-0.1, -0.05) is 44.2 Å². The van der Waals surface area contributed by atoms with Crippen molar-refractivity contribution in [1.29, 1.82) is 0 Å². The fourth-order valence-electron chi connectivity index (χ4n) is 2.03. The molecular weight excluding hydrogens is 252 g/mol. The average molecular weight is 278 g/mol. The van der Waals surface area contributed by atoms with Gasteiger partial charge < -0.3 is 9.47 Å². The van der Waals surface area contributed by atoms with Crippen LogP contribution in [0.25, 0.3) is 0 Å². The second-order valence-corrected chi connectivity index (χ2v) is 6.06. The summed E-state index contributed by atoms with van der Waals surface area (Å²) in [6.07, 6.45) is 0.174.